The number of aryl methyl sites for hydroxylation is 1. The minimum Gasteiger partial charge on any atom is -0.375 e. The lowest BCUT2D eigenvalue weighted by Crippen LogP contribution is -2.43. The van der Waals surface area contributed by atoms with Crippen LogP contribution in [0, 0.1) is 0 Å². The average Bonchev–Trinajstić information content (AvgIpc) is 3.06. The van der Waals surface area contributed by atoms with Crippen LogP contribution in [0.1, 0.15) is 24.8 Å². The predicted molar refractivity (Wildman–Crippen MR) is 80.9 cm³/mol. The van der Waals surface area contributed by atoms with Gasteiger partial charge in [0.2, 0.25) is 0 Å². The number of hydrogen-bond donors (Lipinski definition) is 0. The lowest BCUT2D eigenvalue weighted by molar-refractivity contribution is -0.0971. The van der Waals surface area contributed by atoms with E-state index in [0.717, 1.165) is 25.9 Å². The van der Waals surface area contributed by atoms with Gasteiger partial charge in [-0.1, -0.05) is 6.08 Å². The summed E-state index contributed by atoms with van der Waals surface area (Å²) in [6.45, 7) is 7.07. The van der Waals surface area contributed by atoms with Crippen molar-refractivity contribution in [1.82, 2.24) is 14.7 Å². The third-order valence-corrected chi connectivity index (χ3v) is 4.43. The van der Waals surface area contributed by atoms with Gasteiger partial charge in [0.05, 0.1) is 31.6 Å². The van der Waals surface area contributed by atoms with Crippen molar-refractivity contribution in [3.05, 3.63) is 30.6 Å². The molecular formula is C16H25N3O2. The molecule has 0 amide bonds. The minimum atomic E-state index is 0.254. The summed E-state index contributed by atoms with van der Waals surface area (Å²) < 4.78 is 13.6. The van der Waals surface area contributed by atoms with Gasteiger partial charge in [-0.15, -0.1) is 6.58 Å². The van der Waals surface area contributed by atoms with Crippen LogP contribution in [0.2, 0.25) is 0 Å². The molecule has 0 unspecified atom stereocenters. The molecule has 2 fully saturated rings. The molecule has 5 heteroatoms. The highest BCUT2D eigenvalue weighted by Crippen LogP contribution is 2.32. The Labute approximate surface area is 126 Å². The Morgan fingerprint density at radius 3 is 3.14 bits per heavy atom. The fourth-order valence-corrected chi connectivity index (χ4v) is 3.48. The fourth-order valence-electron chi connectivity index (χ4n) is 3.48. The molecule has 3 rings (SSSR count). The first kappa shape index (κ1) is 14.8. The highest BCUT2D eigenvalue weighted by atomic mass is 16.5. The number of likely N-dealkylation sites (tertiary alicyclic amines) is 1. The summed E-state index contributed by atoms with van der Waals surface area (Å²) in [6.07, 6.45) is 9.89. The Morgan fingerprint density at radius 2 is 2.38 bits per heavy atom. The van der Waals surface area contributed by atoms with Gasteiger partial charge in [-0.25, -0.2) is 0 Å². The van der Waals surface area contributed by atoms with Crippen molar-refractivity contribution in [2.24, 2.45) is 7.05 Å². The van der Waals surface area contributed by atoms with Gasteiger partial charge in [0.25, 0.3) is 0 Å². The maximum absolute atomic E-state index is 6.21. The van der Waals surface area contributed by atoms with Gasteiger partial charge in [0.1, 0.15) is 0 Å². The van der Waals surface area contributed by atoms with Crippen molar-refractivity contribution in [2.75, 3.05) is 19.8 Å². The van der Waals surface area contributed by atoms with Crippen LogP contribution in [0.4, 0.5) is 0 Å². The molecule has 0 aliphatic carbocycles. The van der Waals surface area contributed by atoms with E-state index in [-0.39, 0.29) is 6.10 Å². The second kappa shape index (κ2) is 6.73. The first-order valence-corrected chi connectivity index (χ1v) is 7.82. The van der Waals surface area contributed by atoms with Crippen molar-refractivity contribution in [3.8, 4) is 0 Å². The molecule has 0 spiro atoms. The van der Waals surface area contributed by atoms with E-state index in [1.165, 1.54) is 12.0 Å². The lowest BCUT2D eigenvalue weighted by atomic mass is 9.99. The van der Waals surface area contributed by atoms with E-state index in [4.69, 9.17) is 9.47 Å². The molecular weight excluding hydrogens is 266 g/mol. The maximum Gasteiger partial charge on any atom is 0.0813 e. The molecule has 2 aliphatic rings. The van der Waals surface area contributed by atoms with Gasteiger partial charge < -0.3 is 9.47 Å². The maximum atomic E-state index is 6.21. The van der Waals surface area contributed by atoms with Crippen LogP contribution < -0.4 is 0 Å². The normalized spacial score (nSPS) is 29.5. The third-order valence-electron chi connectivity index (χ3n) is 4.43. The summed E-state index contributed by atoms with van der Waals surface area (Å²) in [5.41, 5.74) is 1.29. The number of aromatic nitrogens is 2. The van der Waals surface area contributed by atoms with Crippen LogP contribution in [0.15, 0.2) is 25.0 Å². The highest BCUT2D eigenvalue weighted by molar-refractivity contribution is 5.05. The predicted octanol–water partition coefficient (Wildman–Crippen LogP) is 1.74. The Morgan fingerprint density at radius 1 is 1.48 bits per heavy atom. The van der Waals surface area contributed by atoms with E-state index < -0.39 is 0 Å². The second-order valence-electron chi connectivity index (χ2n) is 6.05. The Balaban J connectivity index is 1.51. The van der Waals surface area contributed by atoms with Crippen molar-refractivity contribution < 1.29 is 9.47 Å². The van der Waals surface area contributed by atoms with Crippen LogP contribution >= 0.6 is 0 Å². The molecule has 3 atom stereocenters. The number of hydrogen-bond acceptors (Lipinski definition) is 4. The molecule has 0 aromatic carbocycles. The quantitative estimate of drug-likeness (QED) is 0.591. The second-order valence-corrected chi connectivity index (χ2v) is 6.05. The summed E-state index contributed by atoms with van der Waals surface area (Å²) in [6, 6.07) is 0.556. The molecule has 1 aromatic heterocycles. The van der Waals surface area contributed by atoms with Crippen molar-refractivity contribution in [2.45, 2.75) is 44.1 Å². The molecule has 2 saturated heterocycles. The van der Waals surface area contributed by atoms with E-state index in [0.29, 0.717) is 25.4 Å². The Kier molecular flexibility index (Phi) is 4.73. The van der Waals surface area contributed by atoms with E-state index in [9.17, 15) is 0 Å². The van der Waals surface area contributed by atoms with E-state index >= 15 is 0 Å². The SMILES string of the molecule is C=CCOC[C@@H]1CC[C@H]2[C@H](CCN2Cc2cnn(C)c2)O1. The zero-order valence-corrected chi connectivity index (χ0v) is 12.8. The number of nitrogens with zero attached hydrogens (tertiary/aromatic N) is 3. The topological polar surface area (TPSA) is 39.5 Å². The van der Waals surface area contributed by atoms with Gasteiger partial charge in [-0.3, -0.25) is 9.58 Å². The molecule has 3 heterocycles. The van der Waals surface area contributed by atoms with Gasteiger partial charge in [-0.2, -0.15) is 5.10 Å². The van der Waals surface area contributed by atoms with Crippen LogP contribution in [0.5, 0.6) is 0 Å². The molecule has 0 bridgehead atoms. The molecule has 116 valence electrons. The van der Waals surface area contributed by atoms with Crippen molar-refractivity contribution in [1.29, 1.82) is 0 Å². The summed E-state index contributed by atoms with van der Waals surface area (Å²) in [5, 5.41) is 4.25. The van der Waals surface area contributed by atoms with E-state index in [1.807, 2.05) is 17.9 Å². The minimum absolute atomic E-state index is 0.254. The molecule has 21 heavy (non-hydrogen) atoms. The van der Waals surface area contributed by atoms with Gasteiger partial charge in [0.15, 0.2) is 0 Å². The zero-order valence-electron chi connectivity index (χ0n) is 12.8. The standard InChI is InChI=1S/C16H25N3O2/c1-3-8-20-12-14-4-5-15-16(21-14)6-7-19(15)11-13-9-17-18(2)10-13/h3,9-10,14-16H,1,4-8,11-12H2,2H3/t14-,15-,16-/m0/s1. The van der Waals surface area contributed by atoms with Crippen molar-refractivity contribution >= 4 is 0 Å². The van der Waals surface area contributed by atoms with Crippen LogP contribution in [-0.2, 0) is 23.1 Å². The number of rotatable bonds is 6. The number of ether oxygens (including phenoxy) is 2. The fraction of sp³-hybridized carbons (Fsp3) is 0.688. The van der Waals surface area contributed by atoms with Crippen LogP contribution in [-0.4, -0.2) is 52.7 Å². The molecule has 5 nitrogen and oxygen atoms in total. The summed E-state index contributed by atoms with van der Waals surface area (Å²) in [4.78, 5) is 2.54. The molecule has 0 radical (unpaired) electrons. The van der Waals surface area contributed by atoms with Gasteiger partial charge in [0, 0.05) is 37.9 Å². The summed E-state index contributed by atoms with van der Waals surface area (Å²) >= 11 is 0. The van der Waals surface area contributed by atoms with E-state index in [2.05, 4.69) is 22.8 Å². The lowest BCUT2D eigenvalue weighted by Gasteiger charge is -2.35. The first-order valence-electron chi connectivity index (χ1n) is 7.82. The molecule has 1 aromatic rings. The monoisotopic (exact) mass is 291 g/mol. The smallest absolute Gasteiger partial charge is 0.0813 e. The van der Waals surface area contributed by atoms with Gasteiger partial charge in [-0.05, 0) is 19.3 Å². The van der Waals surface area contributed by atoms with E-state index in [1.54, 1.807) is 6.08 Å². The summed E-state index contributed by atoms with van der Waals surface area (Å²) in [7, 11) is 1.97. The Bertz CT molecular complexity index is 474. The third kappa shape index (κ3) is 3.54. The Hall–Kier alpha value is -1.17. The average molecular weight is 291 g/mol. The molecule has 0 N–H and O–H groups in total. The first-order chi connectivity index (χ1) is 10.3. The van der Waals surface area contributed by atoms with Gasteiger partial charge >= 0.3 is 0 Å². The molecule has 0 saturated carbocycles. The number of fused-ring (bicyclic) bond motifs is 1. The largest absolute Gasteiger partial charge is 0.375 e. The highest BCUT2D eigenvalue weighted by Gasteiger charge is 2.39. The van der Waals surface area contributed by atoms with Crippen LogP contribution in [0.3, 0.4) is 0 Å². The van der Waals surface area contributed by atoms with Crippen LogP contribution in [0.25, 0.3) is 0 Å². The zero-order chi connectivity index (χ0) is 14.7. The van der Waals surface area contributed by atoms with Crippen molar-refractivity contribution in [3.63, 3.8) is 0 Å². The summed E-state index contributed by atoms with van der Waals surface area (Å²) in [5.74, 6) is 0. The molecule has 2 aliphatic heterocycles.